The van der Waals surface area contributed by atoms with E-state index < -0.39 is 47.0 Å². The Morgan fingerprint density at radius 1 is 1.18 bits per heavy atom. The Balaban J connectivity index is 1.62. The average Bonchev–Trinajstić information content (AvgIpc) is 3.55. The first-order valence-electron chi connectivity index (χ1n) is 15.9. The summed E-state index contributed by atoms with van der Waals surface area (Å²) in [5, 5.41) is 20.0. The summed E-state index contributed by atoms with van der Waals surface area (Å²) < 4.78 is 49.5. The highest BCUT2D eigenvalue weighted by Crippen LogP contribution is 2.46. The molecule has 0 radical (unpaired) electrons. The largest absolute Gasteiger partial charge is 0.495 e. The van der Waals surface area contributed by atoms with Crippen molar-refractivity contribution >= 4 is 17.7 Å². The second-order valence-corrected chi connectivity index (χ2v) is 13.6. The number of carbonyl (C=O) groups excluding carboxylic acids is 2. The lowest BCUT2D eigenvalue weighted by atomic mass is 9.85. The summed E-state index contributed by atoms with van der Waals surface area (Å²) in [6.45, 7) is 11.7. The lowest BCUT2D eigenvalue weighted by Gasteiger charge is -2.27. The second-order valence-electron chi connectivity index (χ2n) is 13.6. The number of aromatic nitrogens is 3. The molecule has 11 nitrogen and oxygen atoms in total. The molecule has 0 saturated carbocycles. The van der Waals surface area contributed by atoms with E-state index in [-0.39, 0.29) is 41.6 Å². The van der Waals surface area contributed by atoms with E-state index in [1.54, 1.807) is 66.1 Å². The van der Waals surface area contributed by atoms with E-state index in [1.807, 2.05) is 18.2 Å². The van der Waals surface area contributed by atoms with Crippen molar-refractivity contribution in [2.45, 2.75) is 76.7 Å². The summed E-state index contributed by atoms with van der Waals surface area (Å²) in [5.74, 6) is -1.23. The molecule has 1 aliphatic heterocycles. The van der Waals surface area contributed by atoms with Crippen LogP contribution < -0.4 is 15.0 Å². The van der Waals surface area contributed by atoms with E-state index in [0.717, 1.165) is 11.6 Å². The first-order chi connectivity index (χ1) is 23.6. The molecule has 2 amide bonds. The van der Waals surface area contributed by atoms with Crippen molar-refractivity contribution in [2.24, 2.45) is 0 Å². The number of hydrogen-bond donors (Lipinski definition) is 1. The number of rotatable bonds is 9. The number of methoxy groups -OCH3 is 1. The highest BCUT2D eigenvalue weighted by Gasteiger charge is 2.46. The monoisotopic (exact) mass is 684 g/mol. The van der Waals surface area contributed by atoms with E-state index in [0.29, 0.717) is 17.0 Å². The number of nitrogens with one attached hydrogen (secondary N) is 1. The molecule has 13 heteroatoms. The number of fused-ring (bicyclic) bond motifs is 1. The van der Waals surface area contributed by atoms with E-state index in [4.69, 9.17) is 13.9 Å². The normalized spacial score (nSPS) is 17.7. The lowest BCUT2D eigenvalue weighted by Crippen LogP contribution is -2.50. The van der Waals surface area contributed by atoms with Gasteiger partial charge in [0.1, 0.15) is 34.3 Å². The molecule has 260 valence electrons. The maximum absolute atomic E-state index is 17.3. The van der Waals surface area contributed by atoms with Crippen molar-refractivity contribution in [1.82, 2.24) is 20.5 Å². The number of benzene rings is 2. The van der Waals surface area contributed by atoms with Gasteiger partial charge in [0.2, 0.25) is 11.8 Å². The first kappa shape index (κ1) is 35.7. The fraction of sp³-hybridized carbons (Fsp3) is 0.351. The number of nitrogens with zero attached hydrogens (tertiary/aromatic N) is 5. The van der Waals surface area contributed by atoms with Gasteiger partial charge in [0.25, 0.3) is 5.89 Å². The highest BCUT2D eigenvalue weighted by molar-refractivity contribution is 6.01. The SMILES string of the molecule is C=CCC1(F)CC(NC(=O)OC(C)(C)C)C(=O)N(Cc2ccc(-c3ccc(OC)cn3)cc2)c2cc(-c3nnc(C(C)(C)C#N)o3)c(F)cc21. The Hall–Kier alpha value is -5.64. The van der Waals surface area contributed by atoms with Crippen LogP contribution in [0.1, 0.15) is 64.5 Å². The zero-order valence-electron chi connectivity index (χ0n) is 28.7. The molecule has 0 aliphatic carbocycles. The third kappa shape index (κ3) is 7.49. The van der Waals surface area contributed by atoms with Gasteiger partial charge in [-0.25, -0.2) is 13.6 Å². The van der Waals surface area contributed by atoms with Crippen LogP contribution in [-0.2, 0) is 27.2 Å². The summed E-state index contributed by atoms with van der Waals surface area (Å²) in [6.07, 6.45) is 1.20. The summed E-state index contributed by atoms with van der Waals surface area (Å²) in [5.41, 5.74) is -2.55. The van der Waals surface area contributed by atoms with Crippen LogP contribution in [0.3, 0.4) is 0 Å². The third-order valence-electron chi connectivity index (χ3n) is 8.14. The van der Waals surface area contributed by atoms with E-state index >= 15 is 8.78 Å². The topological polar surface area (TPSA) is 143 Å². The van der Waals surface area contributed by atoms with Crippen molar-refractivity contribution < 1.29 is 32.3 Å². The highest BCUT2D eigenvalue weighted by atomic mass is 19.1. The van der Waals surface area contributed by atoms with E-state index in [9.17, 15) is 14.9 Å². The molecule has 5 rings (SSSR count). The molecule has 2 atom stereocenters. The number of allylic oxidation sites excluding steroid dienone is 1. The molecule has 2 aromatic carbocycles. The Bertz CT molecular complexity index is 1950. The van der Waals surface area contributed by atoms with Crippen molar-refractivity contribution in [3.05, 3.63) is 90.2 Å². The smallest absolute Gasteiger partial charge is 0.408 e. The maximum atomic E-state index is 17.3. The van der Waals surface area contributed by atoms with Gasteiger partial charge in [-0.05, 0) is 64.4 Å². The minimum atomic E-state index is -2.34. The van der Waals surface area contributed by atoms with Crippen LogP contribution in [0.2, 0.25) is 0 Å². The van der Waals surface area contributed by atoms with Gasteiger partial charge in [-0.3, -0.25) is 9.78 Å². The Kier molecular flexibility index (Phi) is 9.77. The van der Waals surface area contributed by atoms with Gasteiger partial charge in [-0.1, -0.05) is 30.3 Å². The van der Waals surface area contributed by atoms with Crippen LogP contribution in [-0.4, -0.2) is 45.9 Å². The second kappa shape index (κ2) is 13.7. The zero-order valence-corrected chi connectivity index (χ0v) is 28.7. The Morgan fingerprint density at radius 2 is 1.90 bits per heavy atom. The van der Waals surface area contributed by atoms with Crippen LogP contribution in [0.25, 0.3) is 22.7 Å². The van der Waals surface area contributed by atoms with Gasteiger partial charge < -0.3 is 24.1 Å². The summed E-state index contributed by atoms with van der Waals surface area (Å²) in [6, 6.07) is 13.8. The molecule has 2 aromatic heterocycles. The number of anilines is 1. The van der Waals surface area contributed by atoms with Crippen LogP contribution >= 0.6 is 0 Å². The Morgan fingerprint density at radius 3 is 2.50 bits per heavy atom. The molecule has 2 unspecified atom stereocenters. The summed E-state index contributed by atoms with van der Waals surface area (Å²) in [4.78, 5) is 33.1. The number of nitriles is 1. The number of alkyl carbamates (subject to hydrolysis) is 1. The number of carbonyl (C=O) groups is 2. The van der Waals surface area contributed by atoms with Gasteiger partial charge in [0.05, 0.1) is 42.9 Å². The molecule has 50 heavy (non-hydrogen) atoms. The molecular weight excluding hydrogens is 646 g/mol. The molecule has 1 N–H and O–H groups in total. The molecule has 0 bridgehead atoms. The van der Waals surface area contributed by atoms with Crippen molar-refractivity contribution in [1.29, 1.82) is 5.26 Å². The molecule has 4 aromatic rings. The first-order valence-corrected chi connectivity index (χ1v) is 15.9. The summed E-state index contributed by atoms with van der Waals surface area (Å²) in [7, 11) is 1.55. The summed E-state index contributed by atoms with van der Waals surface area (Å²) >= 11 is 0. The maximum Gasteiger partial charge on any atom is 0.408 e. The van der Waals surface area contributed by atoms with Crippen LogP contribution in [0.5, 0.6) is 5.75 Å². The molecule has 0 spiro atoms. The van der Waals surface area contributed by atoms with Gasteiger partial charge in [0.15, 0.2) is 0 Å². The van der Waals surface area contributed by atoms with Crippen LogP contribution in [0.15, 0.2) is 71.8 Å². The number of halogens is 2. The standard InChI is InChI=1S/C37H38F2N6O5/c1-8-15-37(39)18-29(42-34(47)50-35(2,3)4)32(46)45(20-22-9-11-23(12-10-22)28-14-13-24(48-7)19-41-28)30-16-25(27(38)17-26(30)37)31-43-44-33(49-31)36(5,6)21-40/h8-14,16-17,19,29H,1,15,18,20H2,2-7H3,(H,42,47). The van der Waals surface area contributed by atoms with Gasteiger partial charge in [0, 0.05) is 24.0 Å². The molecular formula is C37H38F2N6O5. The zero-order chi connectivity index (χ0) is 36.4. The van der Waals surface area contributed by atoms with Crippen molar-refractivity contribution in [3.8, 4) is 34.5 Å². The van der Waals surface area contributed by atoms with Gasteiger partial charge in [-0.2, -0.15) is 5.26 Å². The minimum absolute atomic E-state index is 0.0319. The van der Waals surface area contributed by atoms with Crippen LogP contribution in [0, 0.1) is 17.1 Å². The third-order valence-corrected chi connectivity index (χ3v) is 8.14. The number of ether oxygens (including phenoxy) is 2. The predicted molar refractivity (Wildman–Crippen MR) is 181 cm³/mol. The number of alkyl halides is 1. The minimum Gasteiger partial charge on any atom is -0.495 e. The van der Waals surface area contributed by atoms with E-state index in [2.05, 4.69) is 33.1 Å². The molecule has 0 saturated heterocycles. The number of amides is 2. The molecule has 1 aliphatic rings. The van der Waals surface area contributed by atoms with Crippen LogP contribution in [0.4, 0.5) is 19.3 Å². The number of pyridine rings is 1. The van der Waals surface area contributed by atoms with Crippen molar-refractivity contribution in [2.75, 3.05) is 12.0 Å². The fourth-order valence-corrected chi connectivity index (χ4v) is 5.55. The van der Waals surface area contributed by atoms with Gasteiger partial charge in [-0.15, -0.1) is 16.8 Å². The quantitative estimate of drug-likeness (QED) is 0.179. The molecule has 0 fully saturated rings. The van der Waals surface area contributed by atoms with Crippen molar-refractivity contribution in [3.63, 3.8) is 0 Å². The van der Waals surface area contributed by atoms with E-state index in [1.165, 1.54) is 17.0 Å². The lowest BCUT2D eigenvalue weighted by molar-refractivity contribution is -0.121. The van der Waals surface area contributed by atoms with Gasteiger partial charge >= 0.3 is 6.09 Å². The Labute approximate surface area is 288 Å². The average molecular weight is 685 g/mol. The fourth-order valence-electron chi connectivity index (χ4n) is 5.55. The predicted octanol–water partition coefficient (Wildman–Crippen LogP) is 7.32. The molecule has 3 heterocycles. The number of hydrogen-bond acceptors (Lipinski definition) is 9.